The third-order valence-corrected chi connectivity index (χ3v) is 3.55. The number of hydrogen-bond acceptors (Lipinski definition) is 2. The van der Waals surface area contributed by atoms with Gasteiger partial charge in [-0.05, 0) is 37.1 Å². The molecule has 1 fully saturated rings. The molecule has 0 amide bonds. The van der Waals surface area contributed by atoms with Crippen LogP contribution in [0.1, 0.15) is 36.0 Å². The molecule has 96 valence electrons. The highest BCUT2D eigenvalue weighted by Gasteiger charge is 2.35. The molecule has 0 saturated heterocycles. The fourth-order valence-corrected chi connectivity index (χ4v) is 2.57. The number of carboxylic acid groups (broad SMARTS) is 1. The van der Waals surface area contributed by atoms with Crippen molar-refractivity contribution in [3.8, 4) is 0 Å². The molecule has 0 spiro atoms. The van der Waals surface area contributed by atoms with Gasteiger partial charge in [-0.2, -0.15) is 0 Å². The third-order valence-electron chi connectivity index (χ3n) is 3.55. The lowest BCUT2D eigenvalue weighted by Crippen LogP contribution is -2.32. The molecule has 1 aliphatic carbocycles. The Hall–Kier alpha value is -1.71. The van der Waals surface area contributed by atoms with Crippen LogP contribution in [-0.2, 0) is 4.79 Å². The molecule has 0 heterocycles. The van der Waals surface area contributed by atoms with Gasteiger partial charge < -0.3 is 5.11 Å². The van der Waals surface area contributed by atoms with Crippen molar-refractivity contribution in [1.82, 2.24) is 0 Å². The van der Waals surface area contributed by atoms with Crippen LogP contribution in [0.5, 0.6) is 0 Å². The largest absolute Gasteiger partial charge is 0.481 e. The summed E-state index contributed by atoms with van der Waals surface area (Å²) in [4.78, 5) is 23.4. The SMILES string of the molecule is O=C(O)C1CCCCC1C(=O)c1ccc(F)cc1. The summed E-state index contributed by atoms with van der Waals surface area (Å²) >= 11 is 0. The molecule has 1 aromatic rings. The molecule has 0 bridgehead atoms. The molecule has 2 atom stereocenters. The van der Waals surface area contributed by atoms with Crippen molar-refractivity contribution in [3.63, 3.8) is 0 Å². The molecule has 0 radical (unpaired) electrons. The summed E-state index contributed by atoms with van der Waals surface area (Å²) < 4.78 is 12.8. The van der Waals surface area contributed by atoms with Crippen LogP contribution in [0.2, 0.25) is 0 Å². The van der Waals surface area contributed by atoms with E-state index in [1.807, 2.05) is 0 Å². The van der Waals surface area contributed by atoms with Crippen LogP contribution in [0.15, 0.2) is 24.3 Å². The number of halogens is 1. The minimum absolute atomic E-state index is 0.179. The van der Waals surface area contributed by atoms with Gasteiger partial charge in [0.2, 0.25) is 0 Å². The maximum Gasteiger partial charge on any atom is 0.307 e. The van der Waals surface area contributed by atoms with E-state index in [9.17, 15) is 14.0 Å². The van der Waals surface area contributed by atoms with E-state index in [4.69, 9.17) is 5.11 Å². The molecular formula is C14H15FO3. The number of hydrogen-bond donors (Lipinski definition) is 1. The molecule has 18 heavy (non-hydrogen) atoms. The van der Waals surface area contributed by atoms with Gasteiger partial charge in [0, 0.05) is 11.5 Å². The highest BCUT2D eigenvalue weighted by atomic mass is 19.1. The van der Waals surface area contributed by atoms with Crippen molar-refractivity contribution in [2.45, 2.75) is 25.7 Å². The first-order valence-electron chi connectivity index (χ1n) is 6.12. The molecule has 2 unspecified atom stereocenters. The van der Waals surface area contributed by atoms with Crippen molar-refractivity contribution in [3.05, 3.63) is 35.6 Å². The number of Topliss-reactive ketones (excluding diaryl/α,β-unsaturated/α-hetero) is 1. The second kappa shape index (κ2) is 5.29. The maximum atomic E-state index is 12.8. The Kier molecular flexibility index (Phi) is 3.75. The average Bonchev–Trinajstić information content (AvgIpc) is 2.39. The van der Waals surface area contributed by atoms with Gasteiger partial charge in [0.05, 0.1) is 5.92 Å². The average molecular weight is 250 g/mol. The number of carboxylic acids is 1. The van der Waals surface area contributed by atoms with Gasteiger partial charge >= 0.3 is 5.97 Å². The molecule has 2 rings (SSSR count). The fraction of sp³-hybridized carbons (Fsp3) is 0.429. The molecule has 1 aliphatic rings. The number of aliphatic carboxylic acids is 1. The van der Waals surface area contributed by atoms with Crippen molar-refractivity contribution < 1.29 is 19.1 Å². The van der Waals surface area contributed by atoms with E-state index in [0.717, 1.165) is 12.8 Å². The first kappa shape index (κ1) is 12.7. The van der Waals surface area contributed by atoms with Crippen LogP contribution in [-0.4, -0.2) is 16.9 Å². The van der Waals surface area contributed by atoms with E-state index in [2.05, 4.69) is 0 Å². The predicted molar refractivity (Wildman–Crippen MR) is 63.8 cm³/mol. The summed E-state index contributed by atoms with van der Waals surface area (Å²) in [5, 5.41) is 9.14. The van der Waals surface area contributed by atoms with E-state index in [1.165, 1.54) is 24.3 Å². The van der Waals surface area contributed by atoms with Gasteiger partial charge in [-0.1, -0.05) is 12.8 Å². The van der Waals surface area contributed by atoms with Crippen molar-refractivity contribution in [2.24, 2.45) is 11.8 Å². The monoisotopic (exact) mass is 250 g/mol. The van der Waals surface area contributed by atoms with Crippen LogP contribution in [0.3, 0.4) is 0 Å². The van der Waals surface area contributed by atoms with E-state index in [1.54, 1.807) is 0 Å². The molecule has 1 aromatic carbocycles. The molecule has 1 saturated carbocycles. The van der Waals surface area contributed by atoms with Gasteiger partial charge in [0.15, 0.2) is 5.78 Å². The van der Waals surface area contributed by atoms with E-state index >= 15 is 0 Å². The minimum Gasteiger partial charge on any atom is -0.481 e. The van der Waals surface area contributed by atoms with Crippen LogP contribution < -0.4 is 0 Å². The number of carbonyl (C=O) groups is 2. The summed E-state index contributed by atoms with van der Waals surface area (Å²) in [7, 11) is 0. The van der Waals surface area contributed by atoms with Gasteiger partial charge in [-0.3, -0.25) is 9.59 Å². The number of carbonyl (C=O) groups excluding carboxylic acids is 1. The zero-order valence-corrected chi connectivity index (χ0v) is 9.93. The Labute approximate surface area is 105 Å². The minimum atomic E-state index is -0.907. The molecule has 0 aliphatic heterocycles. The van der Waals surface area contributed by atoms with Crippen molar-refractivity contribution in [2.75, 3.05) is 0 Å². The van der Waals surface area contributed by atoms with E-state index < -0.39 is 23.6 Å². The Morgan fingerprint density at radius 1 is 1.06 bits per heavy atom. The Balaban J connectivity index is 2.20. The summed E-state index contributed by atoms with van der Waals surface area (Å²) in [6, 6.07) is 5.30. The number of rotatable bonds is 3. The Morgan fingerprint density at radius 2 is 1.61 bits per heavy atom. The first-order chi connectivity index (χ1) is 8.59. The molecule has 0 aromatic heterocycles. The lowest BCUT2D eigenvalue weighted by molar-refractivity contribution is -0.144. The van der Waals surface area contributed by atoms with Crippen molar-refractivity contribution >= 4 is 11.8 Å². The second-order valence-electron chi connectivity index (χ2n) is 4.71. The summed E-state index contributed by atoms with van der Waals surface area (Å²) in [6.45, 7) is 0. The van der Waals surface area contributed by atoms with Gasteiger partial charge in [0.1, 0.15) is 5.82 Å². The lowest BCUT2D eigenvalue weighted by atomic mass is 9.75. The van der Waals surface area contributed by atoms with Gasteiger partial charge in [-0.15, -0.1) is 0 Å². The Bertz CT molecular complexity index is 453. The predicted octanol–water partition coefficient (Wildman–Crippen LogP) is 2.90. The standard InChI is InChI=1S/C14H15FO3/c15-10-7-5-9(6-8-10)13(16)11-3-1-2-4-12(11)14(17)18/h5-8,11-12H,1-4H2,(H,17,18). The zero-order valence-electron chi connectivity index (χ0n) is 9.93. The zero-order chi connectivity index (χ0) is 13.1. The molecule has 1 N–H and O–H groups in total. The van der Waals surface area contributed by atoms with E-state index in [0.29, 0.717) is 18.4 Å². The quantitative estimate of drug-likeness (QED) is 0.839. The normalized spacial score (nSPS) is 23.6. The summed E-state index contributed by atoms with van der Waals surface area (Å²) in [5.74, 6) is -2.56. The molecule has 3 nitrogen and oxygen atoms in total. The maximum absolute atomic E-state index is 12.8. The second-order valence-corrected chi connectivity index (χ2v) is 4.71. The van der Waals surface area contributed by atoms with Crippen LogP contribution in [0.4, 0.5) is 4.39 Å². The smallest absolute Gasteiger partial charge is 0.307 e. The molecular weight excluding hydrogens is 235 g/mol. The van der Waals surface area contributed by atoms with Crippen LogP contribution >= 0.6 is 0 Å². The third kappa shape index (κ3) is 2.58. The highest BCUT2D eigenvalue weighted by molar-refractivity contribution is 5.99. The number of benzene rings is 1. The van der Waals surface area contributed by atoms with Crippen LogP contribution in [0.25, 0.3) is 0 Å². The Morgan fingerprint density at radius 3 is 2.17 bits per heavy atom. The fourth-order valence-electron chi connectivity index (χ4n) is 2.57. The highest BCUT2D eigenvalue weighted by Crippen LogP contribution is 2.32. The van der Waals surface area contributed by atoms with Crippen LogP contribution in [0, 0.1) is 17.7 Å². The van der Waals surface area contributed by atoms with Crippen molar-refractivity contribution in [1.29, 1.82) is 0 Å². The first-order valence-corrected chi connectivity index (χ1v) is 6.12. The molecule has 4 heteroatoms. The van der Waals surface area contributed by atoms with E-state index in [-0.39, 0.29) is 5.78 Å². The topological polar surface area (TPSA) is 54.4 Å². The summed E-state index contributed by atoms with van der Waals surface area (Å²) in [6.07, 6.45) is 2.88. The van der Waals surface area contributed by atoms with Gasteiger partial charge in [-0.25, -0.2) is 4.39 Å². The summed E-state index contributed by atoms with van der Waals surface area (Å²) in [5.41, 5.74) is 0.398. The lowest BCUT2D eigenvalue weighted by Gasteiger charge is -2.27. The number of ketones is 1. The van der Waals surface area contributed by atoms with Gasteiger partial charge in [0.25, 0.3) is 0 Å².